The molecular formula is C18H17BrN2O2. The summed E-state index contributed by atoms with van der Waals surface area (Å²) >= 11 is 3.48. The molecule has 0 saturated heterocycles. The first kappa shape index (κ1) is 15.6. The van der Waals surface area contributed by atoms with Crippen molar-refractivity contribution in [3.05, 3.63) is 63.8 Å². The number of aryl methyl sites for hydroxylation is 1. The molecule has 0 aliphatic carbocycles. The van der Waals surface area contributed by atoms with Gasteiger partial charge in [0.25, 0.3) is 5.91 Å². The Labute approximate surface area is 142 Å². The van der Waals surface area contributed by atoms with Crippen molar-refractivity contribution in [1.29, 1.82) is 0 Å². The van der Waals surface area contributed by atoms with Crippen LogP contribution in [0.3, 0.4) is 0 Å². The number of H-pyrrole nitrogens is 1. The Hall–Kier alpha value is -2.27. The van der Waals surface area contributed by atoms with Crippen molar-refractivity contribution in [3.63, 3.8) is 0 Å². The number of benzene rings is 2. The molecule has 118 valence electrons. The molecule has 0 aliphatic heterocycles. The molecule has 5 heteroatoms. The molecule has 1 aromatic heterocycles. The number of halogens is 1. The van der Waals surface area contributed by atoms with Gasteiger partial charge in [0.05, 0.1) is 5.56 Å². The van der Waals surface area contributed by atoms with Crippen LogP contribution in [0.1, 0.15) is 21.5 Å². The van der Waals surface area contributed by atoms with E-state index in [1.165, 1.54) is 0 Å². The number of carbonyl (C=O) groups is 1. The van der Waals surface area contributed by atoms with Gasteiger partial charge in [0.15, 0.2) is 0 Å². The van der Waals surface area contributed by atoms with Crippen LogP contribution >= 0.6 is 15.9 Å². The molecule has 1 amide bonds. The molecule has 0 spiro atoms. The summed E-state index contributed by atoms with van der Waals surface area (Å²) in [7, 11) is 0. The number of para-hydroxylation sites is 1. The van der Waals surface area contributed by atoms with Gasteiger partial charge in [0.2, 0.25) is 0 Å². The fraction of sp³-hybridized carbons (Fsp3) is 0.167. The summed E-state index contributed by atoms with van der Waals surface area (Å²) in [6.07, 6.45) is 2.68. The Morgan fingerprint density at radius 2 is 2.13 bits per heavy atom. The zero-order valence-corrected chi connectivity index (χ0v) is 14.3. The second kappa shape index (κ2) is 6.46. The molecule has 2 aromatic carbocycles. The maximum Gasteiger partial charge on any atom is 0.255 e. The SMILES string of the molecule is Cc1cccc(C(=O)NCCc2c[nH]c3ccc(Br)cc23)c1O. The maximum atomic E-state index is 12.2. The van der Waals surface area contributed by atoms with Gasteiger partial charge in [-0.1, -0.05) is 28.1 Å². The van der Waals surface area contributed by atoms with Crippen molar-refractivity contribution < 1.29 is 9.90 Å². The van der Waals surface area contributed by atoms with Crippen LogP contribution in [0.15, 0.2) is 47.1 Å². The fourth-order valence-corrected chi connectivity index (χ4v) is 2.97. The molecule has 3 N–H and O–H groups in total. The number of aromatic hydroxyl groups is 1. The van der Waals surface area contributed by atoms with E-state index in [0.717, 1.165) is 27.4 Å². The van der Waals surface area contributed by atoms with Crippen molar-refractivity contribution in [1.82, 2.24) is 10.3 Å². The predicted molar refractivity (Wildman–Crippen MR) is 94.9 cm³/mol. The number of phenols is 1. The normalized spacial score (nSPS) is 10.9. The van der Waals surface area contributed by atoms with E-state index in [4.69, 9.17) is 0 Å². The van der Waals surface area contributed by atoms with E-state index in [0.29, 0.717) is 17.7 Å². The van der Waals surface area contributed by atoms with Crippen molar-refractivity contribution in [2.75, 3.05) is 6.54 Å². The number of hydrogen-bond acceptors (Lipinski definition) is 2. The Balaban J connectivity index is 1.68. The lowest BCUT2D eigenvalue weighted by Gasteiger charge is -2.08. The van der Waals surface area contributed by atoms with E-state index in [1.54, 1.807) is 25.1 Å². The average molecular weight is 373 g/mol. The lowest BCUT2D eigenvalue weighted by atomic mass is 10.1. The predicted octanol–water partition coefficient (Wildman–Crippen LogP) is 3.92. The van der Waals surface area contributed by atoms with Gasteiger partial charge in [0.1, 0.15) is 5.75 Å². The molecule has 3 aromatic rings. The maximum absolute atomic E-state index is 12.2. The molecule has 0 atom stereocenters. The Morgan fingerprint density at radius 3 is 2.96 bits per heavy atom. The Bertz CT molecular complexity index is 871. The van der Waals surface area contributed by atoms with E-state index in [2.05, 4.69) is 32.3 Å². The molecule has 0 aliphatic rings. The first-order valence-corrected chi connectivity index (χ1v) is 8.18. The summed E-state index contributed by atoms with van der Waals surface area (Å²) < 4.78 is 1.03. The van der Waals surface area contributed by atoms with Crippen LogP contribution < -0.4 is 5.32 Å². The van der Waals surface area contributed by atoms with Gasteiger partial charge in [-0.2, -0.15) is 0 Å². The highest BCUT2D eigenvalue weighted by Crippen LogP contribution is 2.23. The highest BCUT2D eigenvalue weighted by molar-refractivity contribution is 9.10. The molecule has 0 saturated carbocycles. The molecule has 0 bridgehead atoms. The minimum absolute atomic E-state index is 0.0426. The van der Waals surface area contributed by atoms with E-state index in [1.807, 2.05) is 18.3 Å². The van der Waals surface area contributed by atoms with E-state index in [9.17, 15) is 9.90 Å². The summed E-state index contributed by atoms with van der Waals surface area (Å²) in [5, 5.41) is 14.0. The van der Waals surface area contributed by atoms with Gasteiger partial charge in [-0.05, 0) is 48.7 Å². The molecule has 0 unspecified atom stereocenters. The highest BCUT2D eigenvalue weighted by Gasteiger charge is 2.12. The number of carbonyl (C=O) groups excluding carboxylic acids is 1. The number of fused-ring (bicyclic) bond motifs is 1. The van der Waals surface area contributed by atoms with Crippen molar-refractivity contribution in [2.24, 2.45) is 0 Å². The largest absolute Gasteiger partial charge is 0.507 e. The highest BCUT2D eigenvalue weighted by atomic mass is 79.9. The number of hydrogen-bond donors (Lipinski definition) is 3. The van der Waals surface area contributed by atoms with Gasteiger partial charge >= 0.3 is 0 Å². The van der Waals surface area contributed by atoms with Crippen molar-refractivity contribution >= 4 is 32.7 Å². The number of rotatable bonds is 4. The first-order valence-electron chi connectivity index (χ1n) is 7.38. The second-order valence-electron chi connectivity index (χ2n) is 5.48. The summed E-state index contributed by atoms with van der Waals surface area (Å²) in [4.78, 5) is 15.4. The molecular weight excluding hydrogens is 356 g/mol. The number of nitrogens with one attached hydrogen (secondary N) is 2. The molecule has 23 heavy (non-hydrogen) atoms. The van der Waals surface area contributed by atoms with Crippen molar-refractivity contribution in [3.8, 4) is 5.75 Å². The quantitative estimate of drug-likeness (QED) is 0.649. The Morgan fingerprint density at radius 1 is 1.30 bits per heavy atom. The van der Waals surface area contributed by atoms with Crippen LogP contribution in [0.25, 0.3) is 10.9 Å². The lowest BCUT2D eigenvalue weighted by Crippen LogP contribution is -2.25. The van der Waals surface area contributed by atoms with Crippen LogP contribution in [0.5, 0.6) is 5.75 Å². The van der Waals surface area contributed by atoms with Gasteiger partial charge in [-0.15, -0.1) is 0 Å². The minimum atomic E-state index is -0.257. The third kappa shape index (κ3) is 3.24. The van der Waals surface area contributed by atoms with Crippen LogP contribution in [0, 0.1) is 6.92 Å². The monoisotopic (exact) mass is 372 g/mol. The Kier molecular flexibility index (Phi) is 4.39. The number of amides is 1. The molecule has 0 fully saturated rings. The zero-order chi connectivity index (χ0) is 16.4. The van der Waals surface area contributed by atoms with Crippen LogP contribution in [-0.2, 0) is 6.42 Å². The molecule has 1 heterocycles. The third-order valence-electron chi connectivity index (χ3n) is 3.89. The smallest absolute Gasteiger partial charge is 0.255 e. The average Bonchev–Trinajstić information content (AvgIpc) is 2.92. The molecule has 4 nitrogen and oxygen atoms in total. The topological polar surface area (TPSA) is 65.1 Å². The van der Waals surface area contributed by atoms with E-state index in [-0.39, 0.29) is 11.7 Å². The first-order chi connectivity index (χ1) is 11.1. The van der Waals surface area contributed by atoms with Gasteiger partial charge < -0.3 is 15.4 Å². The standard InChI is InChI=1S/C18H17BrN2O2/c1-11-3-2-4-14(17(11)22)18(23)20-8-7-12-10-21-16-6-5-13(19)9-15(12)16/h2-6,9-10,21-22H,7-8H2,1H3,(H,20,23). The second-order valence-corrected chi connectivity index (χ2v) is 6.40. The van der Waals surface area contributed by atoms with E-state index >= 15 is 0 Å². The summed E-state index contributed by atoms with van der Waals surface area (Å²) in [5.41, 5.74) is 3.23. The van der Waals surface area contributed by atoms with Crippen LogP contribution in [0.4, 0.5) is 0 Å². The zero-order valence-electron chi connectivity index (χ0n) is 12.7. The van der Waals surface area contributed by atoms with Gasteiger partial charge in [-0.25, -0.2) is 0 Å². The number of aromatic nitrogens is 1. The van der Waals surface area contributed by atoms with Crippen LogP contribution in [0.2, 0.25) is 0 Å². The van der Waals surface area contributed by atoms with Gasteiger partial charge in [0, 0.05) is 28.1 Å². The summed E-state index contributed by atoms with van der Waals surface area (Å²) in [5.74, 6) is -0.215. The lowest BCUT2D eigenvalue weighted by molar-refractivity contribution is 0.0951. The molecule has 3 rings (SSSR count). The number of aromatic amines is 1. The summed E-state index contributed by atoms with van der Waals surface area (Å²) in [6, 6.07) is 11.2. The third-order valence-corrected chi connectivity index (χ3v) is 4.39. The van der Waals surface area contributed by atoms with Crippen LogP contribution in [-0.4, -0.2) is 22.5 Å². The fourth-order valence-electron chi connectivity index (χ4n) is 2.61. The van der Waals surface area contributed by atoms with Gasteiger partial charge in [-0.3, -0.25) is 4.79 Å². The van der Waals surface area contributed by atoms with Crippen molar-refractivity contribution in [2.45, 2.75) is 13.3 Å². The minimum Gasteiger partial charge on any atom is -0.507 e. The number of phenolic OH excluding ortho intramolecular Hbond substituents is 1. The summed E-state index contributed by atoms with van der Waals surface area (Å²) in [6.45, 7) is 2.28. The molecule has 0 radical (unpaired) electrons. The van der Waals surface area contributed by atoms with E-state index < -0.39 is 0 Å².